The van der Waals surface area contributed by atoms with Crippen LogP contribution in [0, 0.1) is 0 Å². The Morgan fingerprint density at radius 3 is 2.50 bits per heavy atom. The largest absolute Gasteiger partial charge is 0.459 e. The van der Waals surface area contributed by atoms with E-state index in [0.29, 0.717) is 5.56 Å². The van der Waals surface area contributed by atoms with E-state index in [1.54, 1.807) is 0 Å². The number of unbranched alkanes of at least 4 members (excludes halogenated alkanes) is 3. The van der Waals surface area contributed by atoms with Gasteiger partial charge in [0.15, 0.2) is 0 Å². The molecule has 0 heterocycles. The first-order valence-electron chi connectivity index (χ1n) is 8.44. The van der Waals surface area contributed by atoms with E-state index < -0.39 is 0 Å². The smallest absolute Gasteiger partial charge is 0.338 e. The molecular weight excluding hydrogens is 272 g/mol. The molecule has 2 rings (SSSR count). The SMILES string of the molecule is CCCCCC[C@H](CC)OC(=O)c1ccc2ccccc2c1. The Hall–Kier alpha value is -1.83. The lowest BCUT2D eigenvalue weighted by Crippen LogP contribution is -2.17. The molecule has 0 aromatic heterocycles. The van der Waals surface area contributed by atoms with Crippen molar-refractivity contribution < 1.29 is 9.53 Å². The predicted octanol–water partition coefficient (Wildman–Crippen LogP) is 5.75. The van der Waals surface area contributed by atoms with E-state index in [9.17, 15) is 4.79 Å². The third-order valence-electron chi connectivity index (χ3n) is 4.09. The molecule has 0 aliphatic carbocycles. The van der Waals surface area contributed by atoms with Crippen molar-refractivity contribution in [2.24, 2.45) is 0 Å². The Labute approximate surface area is 133 Å². The summed E-state index contributed by atoms with van der Waals surface area (Å²) in [4.78, 5) is 12.3. The van der Waals surface area contributed by atoms with Gasteiger partial charge in [0.1, 0.15) is 6.10 Å². The molecule has 0 spiro atoms. The Morgan fingerprint density at radius 1 is 1.00 bits per heavy atom. The summed E-state index contributed by atoms with van der Waals surface area (Å²) in [5.41, 5.74) is 0.644. The molecule has 22 heavy (non-hydrogen) atoms. The number of carbonyl (C=O) groups excluding carboxylic acids is 1. The van der Waals surface area contributed by atoms with Gasteiger partial charge in [0, 0.05) is 0 Å². The van der Waals surface area contributed by atoms with Gasteiger partial charge in [0.2, 0.25) is 0 Å². The number of fused-ring (bicyclic) bond motifs is 1. The number of esters is 1. The minimum atomic E-state index is -0.201. The van der Waals surface area contributed by atoms with Crippen molar-refractivity contribution in [2.75, 3.05) is 0 Å². The summed E-state index contributed by atoms with van der Waals surface area (Å²) in [6.07, 6.45) is 6.73. The summed E-state index contributed by atoms with van der Waals surface area (Å²) < 4.78 is 5.68. The van der Waals surface area contributed by atoms with E-state index in [1.807, 2.05) is 42.5 Å². The second kappa shape index (κ2) is 8.57. The van der Waals surface area contributed by atoms with Gasteiger partial charge < -0.3 is 4.74 Å². The van der Waals surface area contributed by atoms with Crippen LogP contribution in [-0.4, -0.2) is 12.1 Å². The average Bonchev–Trinajstić information content (AvgIpc) is 2.57. The lowest BCUT2D eigenvalue weighted by Gasteiger charge is -2.16. The molecule has 0 unspecified atom stereocenters. The molecule has 0 amide bonds. The van der Waals surface area contributed by atoms with E-state index in [-0.39, 0.29) is 12.1 Å². The first-order chi connectivity index (χ1) is 10.7. The molecule has 2 aromatic rings. The monoisotopic (exact) mass is 298 g/mol. The van der Waals surface area contributed by atoms with Crippen molar-refractivity contribution in [3.63, 3.8) is 0 Å². The minimum absolute atomic E-state index is 0.0378. The number of carbonyl (C=O) groups is 1. The van der Waals surface area contributed by atoms with Crippen LogP contribution in [0.25, 0.3) is 10.8 Å². The summed E-state index contributed by atoms with van der Waals surface area (Å²) in [6.45, 7) is 4.29. The molecule has 0 N–H and O–H groups in total. The van der Waals surface area contributed by atoms with Gasteiger partial charge in [-0.15, -0.1) is 0 Å². The second-order valence-electron chi connectivity index (χ2n) is 5.85. The highest BCUT2D eigenvalue weighted by Gasteiger charge is 2.14. The van der Waals surface area contributed by atoms with Crippen molar-refractivity contribution >= 4 is 16.7 Å². The fourth-order valence-corrected chi connectivity index (χ4v) is 2.68. The lowest BCUT2D eigenvalue weighted by atomic mass is 10.1. The molecule has 0 saturated carbocycles. The summed E-state index contributed by atoms with van der Waals surface area (Å²) in [5.74, 6) is -0.201. The van der Waals surface area contributed by atoms with Crippen LogP contribution < -0.4 is 0 Å². The zero-order valence-electron chi connectivity index (χ0n) is 13.7. The topological polar surface area (TPSA) is 26.3 Å². The van der Waals surface area contributed by atoms with E-state index in [2.05, 4.69) is 13.8 Å². The number of ether oxygens (including phenoxy) is 1. The maximum absolute atomic E-state index is 12.3. The van der Waals surface area contributed by atoms with Gasteiger partial charge in [-0.1, -0.05) is 63.4 Å². The Morgan fingerprint density at radius 2 is 1.77 bits per heavy atom. The van der Waals surface area contributed by atoms with Crippen molar-refractivity contribution in [1.82, 2.24) is 0 Å². The van der Waals surface area contributed by atoms with Crippen molar-refractivity contribution in [3.8, 4) is 0 Å². The molecule has 1 atom stereocenters. The number of hydrogen-bond donors (Lipinski definition) is 0. The molecular formula is C20H26O2. The third kappa shape index (κ3) is 4.59. The molecule has 0 bridgehead atoms. The van der Waals surface area contributed by atoms with Crippen molar-refractivity contribution in [2.45, 2.75) is 58.5 Å². The van der Waals surface area contributed by atoms with E-state index in [0.717, 1.165) is 30.0 Å². The summed E-state index contributed by atoms with van der Waals surface area (Å²) in [6, 6.07) is 13.8. The number of benzene rings is 2. The van der Waals surface area contributed by atoms with Gasteiger partial charge in [0.25, 0.3) is 0 Å². The van der Waals surface area contributed by atoms with Crippen LogP contribution in [0.2, 0.25) is 0 Å². The maximum Gasteiger partial charge on any atom is 0.338 e. The van der Waals surface area contributed by atoms with Gasteiger partial charge in [-0.25, -0.2) is 4.79 Å². The average molecular weight is 298 g/mol. The van der Waals surface area contributed by atoms with E-state index >= 15 is 0 Å². The third-order valence-corrected chi connectivity index (χ3v) is 4.09. The molecule has 2 aromatic carbocycles. The first-order valence-corrected chi connectivity index (χ1v) is 8.44. The molecule has 2 nitrogen and oxygen atoms in total. The minimum Gasteiger partial charge on any atom is -0.459 e. The molecule has 118 valence electrons. The second-order valence-corrected chi connectivity index (χ2v) is 5.85. The normalized spacial score (nSPS) is 12.3. The molecule has 0 aliphatic heterocycles. The van der Waals surface area contributed by atoms with Crippen LogP contribution in [0.1, 0.15) is 62.7 Å². The fraction of sp³-hybridized carbons (Fsp3) is 0.450. The van der Waals surface area contributed by atoms with E-state index in [1.165, 1.54) is 19.3 Å². The highest BCUT2D eigenvalue weighted by Crippen LogP contribution is 2.18. The highest BCUT2D eigenvalue weighted by atomic mass is 16.5. The lowest BCUT2D eigenvalue weighted by molar-refractivity contribution is 0.0267. The van der Waals surface area contributed by atoms with Gasteiger partial charge in [0.05, 0.1) is 5.56 Å². The van der Waals surface area contributed by atoms with Crippen LogP contribution in [0.4, 0.5) is 0 Å². The standard InChI is InChI=1S/C20H26O2/c1-3-5-6-7-12-19(4-2)22-20(21)18-14-13-16-10-8-9-11-17(16)15-18/h8-11,13-15,19H,3-7,12H2,1-2H3/t19-/m0/s1. The van der Waals surface area contributed by atoms with Gasteiger partial charge >= 0.3 is 5.97 Å². The predicted molar refractivity (Wildman–Crippen MR) is 92.2 cm³/mol. The molecule has 0 saturated heterocycles. The van der Waals surface area contributed by atoms with Gasteiger partial charge in [-0.2, -0.15) is 0 Å². The first kappa shape index (κ1) is 16.5. The molecule has 0 radical (unpaired) electrons. The summed E-state index contributed by atoms with van der Waals surface area (Å²) >= 11 is 0. The van der Waals surface area contributed by atoms with E-state index in [4.69, 9.17) is 4.74 Å². The quantitative estimate of drug-likeness (QED) is 0.458. The van der Waals surface area contributed by atoms with Crippen LogP contribution in [0.15, 0.2) is 42.5 Å². The number of hydrogen-bond acceptors (Lipinski definition) is 2. The Kier molecular flexibility index (Phi) is 6.45. The van der Waals surface area contributed by atoms with Crippen LogP contribution in [0.3, 0.4) is 0 Å². The van der Waals surface area contributed by atoms with Crippen molar-refractivity contribution in [3.05, 3.63) is 48.0 Å². The maximum atomic E-state index is 12.3. The number of rotatable bonds is 8. The zero-order valence-corrected chi connectivity index (χ0v) is 13.7. The van der Waals surface area contributed by atoms with Crippen LogP contribution in [-0.2, 0) is 4.74 Å². The fourth-order valence-electron chi connectivity index (χ4n) is 2.68. The van der Waals surface area contributed by atoms with Gasteiger partial charge in [-0.3, -0.25) is 0 Å². The van der Waals surface area contributed by atoms with Crippen LogP contribution in [0.5, 0.6) is 0 Å². The van der Waals surface area contributed by atoms with Gasteiger partial charge in [-0.05, 0) is 42.2 Å². The Bertz CT molecular complexity index is 603. The van der Waals surface area contributed by atoms with Crippen LogP contribution >= 0.6 is 0 Å². The van der Waals surface area contributed by atoms with Crippen molar-refractivity contribution in [1.29, 1.82) is 0 Å². The highest BCUT2D eigenvalue weighted by molar-refractivity contribution is 5.95. The molecule has 2 heteroatoms. The summed E-state index contributed by atoms with van der Waals surface area (Å²) in [5, 5.41) is 2.22. The zero-order chi connectivity index (χ0) is 15.8. The molecule has 0 fully saturated rings. The Balaban J connectivity index is 1.96. The summed E-state index contributed by atoms with van der Waals surface area (Å²) in [7, 11) is 0. The molecule has 0 aliphatic rings.